The van der Waals surface area contributed by atoms with E-state index in [1.54, 1.807) is 0 Å². The summed E-state index contributed by atoms with van der Waals surface area (Å²) in [4.78, 5) is 13.3. The summed E-state index contributed by atoms with van der Waals surface area (Å²) in [5, 5.41) is 0. The van der Waals surface area contributed by atoms with Crippen molar-refractivity contribution in [3.63, 3.8) is 0 Å². The predicted octanol–water partition coefficient (Wildman–Crippen LogP) is 12.6. The zero-order valence-electron chi connectivity index (χ0n) is 30.3. The van der Waals surface area contributed by atoms with Gasteiger partial charge in [-0.1, -0.05) is 0 Å². The van der Waals surface area contributed by atoms with Crippen molar-refractivity contribution >= 4 is 50.9 Å². The molecule has 4 aromatic heterocycles. The van der Waals surface area contributed by atoms with Crippen LogP contribution in [-0.2, 0) is 0 Å². The fourth-order valence-corrected chi connectivity index (χ4v) is 7.82. The second-order valence-electron chi connectivity index (χ2n) is 14.1. The van der Waals surface area contributed by atoms with E-state index in [9.17, 15) is 26.3 Å². The van der Waals surface area contributed by atoms with Crippen molar-refractivity contribution in [3.8, 4) is 33.4 Å². The van der Waals surface area contributed by atoms with Crippen LogP contribution in [0.5, 0.6) is 0 Å². The molecule has 3 N–H and O–H groups in total. The van der Waals surface area contributed by atoms with Crippen molar-refractivity contribution in [3.05, 3.63) is 129 Å². The number of piperidine rings is 1. The zero-order valence-corrected chi connectivity index (χ0v) is 30.3. The quantitative estimate of drug-likeness (QED) is 0.0938. The summed E-state index contributed by atoms with van der Waals surface area (Å²) >= 11 is 0. The Hall–Kier alpha value is -6.79. The van der Waals surface area contributed by atoms with Crippen LogP contribution in [0.3, 0.4) is 0 Å². The predicted molar refractivity (Wildman–Crippen MR) is 197 cm³/mol. The van der Waals surface area contributed by atoms with Crippen molar-refractivity contribution in [1.82, 2.24) is 19.9 Å². The molecule has 7 aromatic rings. The highest BCUT2D eigenvalue weighted by atomic mass is 19.2. The van der Waals surface area contributed by atoms with Gasteiger partial charge in [0.2, 0.25) is 11.6 Å². The lowest BCUT2D eigenvalue weighted by Gasteiger charge is -2.30. The molecule has 3 aromatic carbocycles. The van der Waals surface area contributed by atoms with Crippen molar-refractivity contribution in [2.24, 2.45) is 0 Å². The Morgan fingerprint density at radius 1 is 0.328 bits per heavy atom. The summed E-state index contributed by atoms with van der Waals surface area (Å²) in [7, 11) is 0. The Labute approximate surface area is 331 Å². The van der Waals surface area contributed by atoms with E-state index < -0.39 is 148 Å². The summed E-state index contributed by atoms with van der Waals surface area (Å²) < 4.78 is 215. The number of aromatic nitrogens is 4. The number of H-pyrrole nitrogens is 3. The third kappa shape index (κ3) is 5.94. The molecule has 9 rings (SSSR count). The third-order valence-corrected chi connectivity index (χ3v) is 10.7. The van der Waals surface area contributed by atoms with Crippen LogP contribution >= 0.6 is 0 Å². The number of aromatic amines is 3. The van der Waals surface area contributed by atoms with E-state index >= 15 is 35.1 Å². The molecule has 1 saturated heterocycles. The maximum absolute atomic E-state index is 16.5. The SMILES string of the molecule is Fc1c(F)c(F)c(-c2c3nc(c(-c4c(F)c(F)c(N5CCCCC5)c(F)c4F)c4ccc([nH]4)c(-c4c(F)c(F)c(F)c(F)c4F)c4ccc([nH]4)c4ccc2[nH]4)C=C3)c(F)c1F. The minimum atomic E-state index is -2.50. The molecule has 5 nitrogen and oxygen atoms in total. The van der Waals surface area contributed by atoms with Crippen molar-refractivity contribution in [2.45, 2.75) is 19.3 Å². The molecule has 0 aliphatic carbocycles. The van der Waals surface area contributed by atoms with Gasteiger partial charge in [-0.15, -0.1) is 0 Å². The van der Waals surface area contributed by atoms with Crippen LogP contribution in [0.25, 0.3) is 78.6 Å². The van der Waals surface area contributed by atoms with E-state index in [0.29, 0.717) is 19.3 Å². The number of fused-ring (bicyclic) bond motifs is 9. The van der Waals surface area contributed by atoms with Gasteiger partial charge in [-0.05, 0) is 67.8 Å². The average molecular weight is 862 g/mol. The van der Waals surface area contributed by atoms with Crippen LogP contribution in [-0.4, -0.2) is 33.0 Å². The molecule has 2 aliphatic heterocycles. The smallest absolute Gasteiger partial charge is 0.200 e. The number of hydrogen-bond acceptors (Lipinski definition) is 2. The molecule has 8 bridgehead atoms. The molecular formula is C42H21F14N5. The number of nitrogens with zero attached hydrogens (tertiary/aromatic N) is 2. The highest BCUT2D eigenvalue weighted by Gasteiger charge is 2.34. The second-order valence-corrected chi connectivity index (χ2v) is 14.1. The highest BCUT2D eigenvalue weighted by Crippen LogP contribution is 2.44. The fourth-order valence-electron chi connectivity index (χ4n) is 7.82. The van der Waals surface area contributed by atoms with E-state index in [2.05, 4.69) is 19.9 Å². The lowest BCUT2D eigenvalue weighted by Crippen LogP contribution is -2.31. The van der Waals surface area contributed by atoms with E-state index in [1.807, 2.05) is 0 Å². The fraction of sp³-hybridized carbons (Fsp3) is 0.119. The van der Waals surface area contributed by atoms with Crippen LogP contribution in [0.4, 0.5) is 67.2 Å². The van der Waals surface area contributed by atoms with Gasteiger partial charge in [0.05, 0.1) is 39.1 Å². The van der Waals surface area contributed by atoms with Crippen LogP contribution in [0.1, 0.15) is 30.7 Å². The summed E-state index contributed by atoms with van der Waals surface area (Å²) in [6, 6.07) is 6.59. The normalized spacial score (nSPS) is 13.6. The van der Waals surface area contributed by atoms with Gasteiger partial charge in [0.1, 0.15) is 5.69 Å². The first-order valence-corrected chi connectivity index (χ1v) is 18.1. The highest BCUT2D eigenvalue weighted by molar-refractivity contribution is 6.00. The number of hydrogen-bond donors (Lipinski definition) is 3. The monoisotopic (exact) mass is 861 g/mol. The Kier molecular flexibility index (Phi) is 9.39. The van der Waals surface area contributed by atoms with Gasteiger partial charge < -0.3 is 19.9 Å². The molecule has 312 valence electrons. The Morgan fingerprint density at radius 3 is 1.02 bits per heavy atom. The van der Waals surface area contributed by atoms with E-state index in [0.717, 1.165) is 41.3 Å². The molecule has 0 atom stereocenters. The molecule has 19 heteroatoms. The number of halogens is 14. The first-order chi connectivity index (χ1) is 29.1. The number of anilines is 1. The first-order valence-electron chi connectivity index (χ1n) is 18.1. The van der Waals surface area contributed by atoms with Crippen molar-refractivity contribution in [1.29, 1.82) is 0 Å². The van der Waals surface area contributed by atoms with Gasteiger partial charge in [-0.25, -0.2) is 66.4 Å². The largest absolute Gasteiger partial charge is 0.367 e. The van der Waals surface area contributed by atoms with Crippen molar-refractivity contribution < 1.29 is 61.5 Å². The maximum atomic E-state index is 16.5. The lowest BCUT2D eigenvalue weighted by molar-refractivity contribution is 0.381. The molecule has 1 fully saturated rings. The molecule has 0 radical (unpaired) electrons. The Balaban J connectivity index is 1.49. The number of benzene rings is 3. The van der Waals surface area contributed by atoms with Crippen LogP contribution < -0.4 is 4.90 Å². The lowest BCUT2D eigenvalue weighted by atomic mass is 10.00. The maximum Gasteiger partial charge on any atom is 0.200 e. The molecule has 0 saturated carbocycles. The van der Waals surface area contributed by atoms with E-state index in [-0.39, 0.29) is 29.6 Å². The standard InChI is InChI=1S/C42H21F14N5/c43-28-25(29(44)35(50)38(53)34(28)49)22-16-6-4-14(57-16)15-5-7-17(58-15)23(26-30(45)36(51)39(54)37(52)31(26)46)19-9-11-21(60-19)24(20-10-8-18(22)59-20)27-32(47)40(55)42(41(56)33(27)48)61-12-2-1-3-13-61/h4-11,57-59H,1-3,12-13H2. The molecule has 0 amide bonds. The zero-order chi connectivity index (χ0) is 43.3. The van der Waals surface area contributed by atoms with Crippen LogP contribution in [0.2, 0.25) is 0 Å². The van der Waals surface area contributed by atoms with Gasteiger partial charge in [0.25, 0.3) is 0 Å². The van der Waals surface area contributed by atoms with Crippen molar-refractivity contribution in [2.75, 3.05) is 18.0 Å². The molecule has 0 spiro atoms. The third-order valence-electron chi connectivity index (χ3n) is 10.7. The van der Waals surface area contributed by atoms with Gasteiger partial charge >= 0.3 is 0 Å². The molecule has 0 unspecified atom stereocenters. The second kappa shape index (κ2) is 14.4. The Morgan fingerprint density at radius 2 is 0.623 bits per heavy atom. The summed E-state index contributed by atoms with van der Waals surface area (Å²) in [5.74, 6) is -31.3. The van der Waals surface area contributed by atoms with Gasteiger partial charge in [-0.2, -0.15) is 0 Å². The summed E-state index contributed by atoms with van der Waals surface area (Å²) in [5.41, 5.74) is -11.1. The minimum Gasteiger partial charge on any atom is -0.367 e. The number of nitrogens with one attached hydrogen (secondary N) is 3. The van der Waals surface area contributed by atoms with Gasteiger partial charge in [0, 0.05) is 51.8 Å². The molecule has 61 heavy (non-hydrogen) atoms. The Bertz CT molecular complexity index is 3110. The molecule has 2 aliphatic rings. The topological polar surface area (TPSA) is 63.5 Å². The first kappa shape index (κ1) is 39.7. The molecular weight excluding hydrogens is 840 g/mol. The van der Waals surface area contributed by atoms with Crippen LogP contribution in [0, 0.1) is 81.4 Å². The van der Waals surface area contributed by atoms with Gasteiger partial charge in [0.15, 0.2) is 69.8 Å². The van der Waals surface area contributed by atoms with E-state index in [1.165, 1.54) is 12.1 Å². The number of rotatable bonds is 4. The van der Waals surface area contributed by atoms with E-state index in [4.69, 9.17) is 0 Å². The molecule has 6 heterocycles. The van der Waals surface area contributed by atoms with Crippen LogP contribution in [0.15, 0.2) is 36.4 Å². The summed E-state index contributed by atoms with van der Waals surface area (Å²) in [6.07, 6.45) is 3.39. The minimum absolute atomic E-state index is 0.0317. The average Bonchev–Trinajstić information content (AvgIpc) is 4.11. The summed E-state index contributed by atoms with van der Waals surface area (Å²) in [6.45, 7) is 0.0633. The van der Waals surface area contributed by atoms with Gasteiger partial charge in [-0.3, -0.25) is 0 Å².